The van der Waals surface area contributed by atoms with Crippen LogP contribution in [-0.4, -0.2) is 6.54 Å². The third-order valence-electron chi connectivity index (χ3n) is 6.18. The van der Waals surface area contributed by atoms with Crippen LogP contribution < -0.4 is 5.32 Å². The maximum absolute atomic E-state index is 3.91. The molecule has 0 spiro atoms. The van der Waals surface area contributed by atoms with Crippen molar-refractivity contribution < 1.29 is 0 Å². The molecular weight excluding hydrogens is 482 g/mol. The number of nitrogens with one attached hydrogen (secondary N) is 1. The molecule has 1 aliphatic rings. The molecule has 0 bridgehead atoms. The van der Waals surface area contributed by atoms with Crippen LogP contribution in [0.1, 0.15) is 71.1 Å². The SMILES string of the molecule is C=C/C=C1\C(=C/CCNC(/C=C\C)=C/C=C/C(/C=C\CCc2ccccc2)=C/C)Cc2ccccc21.CC.CC. The van der Waals surface area contributed by atoms with E-state index >= 15 is 0 Å². The van der Waals surface area contributed by atoms with Crippen LogP contribution in [0.3, 0.4) is 0 Å². The van der Waals surface area contributed by atoms with Crippen molar-refractivity contribution in [3.63, 3.8) is 0 Å². The Kier molecular flexibility index (Phi) is 18.8. The summed E-state index contributed by atoms with van der Waals surface area (Å²) >= 11 is 0. The fourth-order valence-corrected chi connectivity index (χ4v) is 4.35. The summed E-state index contributed by atoms with van der Waals surface area (Å²) in [5.41, 5.74) is 9.15. The second-order valence-electron chi connectivity index (χ2n) is 8.79. The van der Waals surface area contributed by atoms with Crippen molar-refractivity contribution in [3.05, 3.63) is 162 Å². The van der Waals surface area contributed by atoms with Gasteiger partial charge < -0.3 is 5.32 Å². The van der Waals surface area contributed by atoms with Crippen LogP contribution in [0.25, 0.3) is 5.57 Å². The van der Waals surface area contributed by atoms with E-state index in [1.54, 1.807) is 0 Å². The Balaban J connectivity index is 0.00000191. The first-order valence-electron chi connectivity index (χ1n) is 15.0. The van der Waals surface area contributed by atoms with Crippen LogP contribution in [-0.2, 0) is 12.8 Å². The highest BCUT2D eigenvalue weighted by Crippen LogP contribution is 2.36. The van der Waals surface area contributed by atoms with Crippen molar-refractivity contribution >= 4 is 5.57 Å². The van der Waals surface area contributed by atoms with E-state index in [0.29, 0.717) is 0 Å². The molecule has 1 heteroatoms. The van der Waals surface area contributed by atoms with E-state index in [1.165, 1.54) is 33.4 Å². The number of hydrogen-bond donors (Lipinski definition) is 1. The Bertz CT molecular complexity index is 1200. The third-order valence-corrected chi connectivity index (χ3v) is 6.18. The zero-order valence-electron chi connectivity index (χ0n) is 25.8. The molecule has 0 saturated heterocycles. The van der Waals surface area contributed by atoms with E-state index in [4.69, 9.17) is 0 Å². The van der Waals surface area contributed by atoms with E-state index in [0.717, 1.165) is 37.9 Å². The summed E-state index contributed by atoms with van der Waals surface area (Å²) < 4.78 is 0. The summed E-state index contributed by atoms with van der Waals surface area (Å²) in [6.45, 7) is 16.9. The molecule has 1 aliphatic carbocycles. The van der Waals surface area contributed by atoms with E-state index < -0.39 is 0 Å². The second kappa shape index (κ2) is 22.0. The van der Waals surface area contributed by atoms with E-state index in [2.05, 4.69) is 141 Å². The summed E-state index contributed by atoms with van der Waals surface area (Å²) in [4.78, 5) is 0. The van der Waals surface area contributed by atoms with Crippen LogP contribution in [0.4, 0.5) is 0 Å². The maximum atomic E-state index is 3.91. The average Bonchev–Trinajstić information content (AvgIpc) is 3.36. The van der Waals surface area contributed by atoms with Crippen LogP contribution >= 0.6 is 0 Å². The van der Waals surface area contributed by atoms with Gasteiger partial charge in [0.1, 0.15) is 0 Å². The summed E-state index contributed by atoms with van der Waals surface area (Å²) in [7, 11) is 0. The number of aryl methyl sites for hydroxylation is 1. The number of benzene rings is 2. The lowest BCUT2D eigenvalue weighted by molar-refractivity contribution is 0.818. The van der Waals surface area contributed by atoms with Gasteiger partial charge in [0.25, 0.3) is 0 Å². The minimum atomic E-state index is 0.890. The fourth-order valence-electron chi connectivity index (χ4n) is 4.35. The Morgan fingerprint density at radius 3 is 2.30 bits per heavy atom. The summed E-state index contributed by atoms with van der Waals surface area (Å²) in [5.74, 6) is 0. The molecule has 40 heavy (non-hydrogen) atoms. The number of allylic oxidation sites excluding steroid dienone is 13. The molecule has 2 aromatic rings. The molecule has 0 saturated carbocycles. The van der Waals surface area contributed by atoms with Gasteiger partial charge in [0, 0.05) is 12.2 Å². The third kappa shape index (κ3) is 12.3. The van der Waals surface area contributed by atoms with Crippen molar-refractivity contribution in [2.24, 2.45) is 0 Å². The molecule has 2 aromatic carbocycles. The summed E-state index contributed by atoms with van der Waals surface area (Å²) in [6, 6.07) is 19.3. The molecule has 0 fully saturated rings. The van der Waals surface area contributed by atoms with E-state index in [9.17, 15) is 0 Å². The smallest absolute Gasteiger partial charge is 0.0336 e. The Morgan fingerprint density at radius 2 is 1.60 bits per heavy atom. The lowest BCUT2D eigenvalue weighted by Gasteiger charge is -2.06. The van der Waals surface area contributed by atoms with Gasteiger partial charge in [0.15, 0.2) is 0 Å². The topological polar surface area (TPSA) is 12.0 Å². The molecule has 0 radical (unpaired) electrons. The van der Waals surface area contributed by atoms with Gasteiger partial charge in [-0.1, -0.05) is 144 Å². The predicted octanol–water partition coefficient (Wildman–Crippen LogP) is 10.9. The highest BCUT2D eigenvalue weighted by Gasteiger charge is 2.19. The summed E-state index contributed by atoms with van der Waals surface area (Å²) in [6.07, 6.45) is 27.7. The van der Waals surface area contributed by atoms with Gasteiger partial charge in [-0.3, -0.25) is 0 Å². The van der Waals surface area contributed by atoms with Crippen molar-refractivity contribution in [2.75, 3.05) is 6.54 Å². The molecule has 0 heterocycles. The van der Waals surface area contributed by atoms with Gasteiger partial charge in [-0.2, -0.15) is 0 Å². The van der Waals surface area contributed by atoms with Crippen molar-refractivity contribution in [2.45, 2.75) is 67.2 Å². The minimum Gasteiger partial charge on any atom is -0.385 e. The first-order chi connectivity index (χ1) is 19.7. The predicted molar refractivity (Wildman–Crippen MR) is 181 cm³/mol. The number of hydrogen-bond acceptors (Lipinski definition) is 1. The van der Waals surface area contributed by atoms with Gasteiger partial charge in [0.05, 0.1) is 0 Å². The zero-order chi connectivity index (χ0) is 29.4. The first kappa shape index (κ1) is 34.2. The monoisotopic (exact) mass is 533 g/mol. The van der Waals surface area contributed by atoms with Gasteiger partial charge in [-0.15, -0.1) is 0 Å². The molecule has 1 N–H and O–H groups in total. The molecule has 3 rings (SSSR count). The molecule has 0 amide bonds. The zero-order valence-corrected chi connectivity index (χ0v) is 25.8. The maximum Gasteiger partial charge on any atom is 0.0336 e. The lowest BCUT2D eigenvalue weighted by Crippen LogP contribution is -2.12. The van der Waals surface area contributed by atoms with E-state index in [1.807, 2.05) is 33.8 Å². The first-order valence-corrected chi connectivity index (χ1v) is 15.0. The molecular formula is C39H51N. The van der Waals surface area contributed by atoms with Crippen LogP contribution in [0.2, 0.25) is 0 Å². The highest BCUT2D eigenvalue weighted by atomic mass is 14.9. The average molecular weight is 534 g/mol. The molecule has 0 aromatic heterocycles. The largest absolute Gasteiger partial charge is 0.385 e. The van der Waals surface area contributed by atoms with Gasteiger partial charge in [0.2, 0.25) is 0 Å². The minimum absolute atomic E-state index is 0.890. The Labute approximate surface area is 245 Å². The highest BCUT2D eigenvalue weighted by molar-refractivity contribution is 5.86. The van der Waals surface area contributed by atoms with Gasteiger partial charge in [-0.05, 0) is 85.1 Å². The molecule has 212 valence electrons. The fraction of sp³-hybridized carbons (Fsp3) is 0.282. The van der Waals surface area contributed by atoms with Crippen LogP contribution in [0, 0.1) is 0 Å². The van der Waals surface area contributed by atoms with Crippen molar-refractivity contribution in [1.82, 2.24) is 5.32 Å². The van der Waals surface area contributed by atoms with E-state index in [-0.39, 0.29) is 0 Å². The number of rotatable bonds is 12. The Morgan fingerprint density at radius 1 is 0.875 bits per heavy atom. The van der Waals surface area contributed by atoms with Gasteiger partial charge in [-0.25, -0.2) is 0 Å². The molecule has 0 unspecified atom stereocenters. The number of fused-ring (bicyclic) bond motifs is 1. The molecule has 0 atom stereocenters. The van der Waals surface area contributed by atoms with Crippen LogP contribution in [0.5, 0.6) is 0 Å². The summed E-state index contributed by atoms with van der Waals surface area (Å²) in [5, 5.41) is 3.58. The second-order valence-corrected chi connectivity index (χ2v) is 8.79. The van der Waals surface area contributed by atoms with Crippen molar-refractivity contribution in [3.8, 4) is 0 Å². The Hall–Kier alpha value is -3.84. The normalized spacial score (nSPS) is 15.2. The molecule has 0 aliphatic heterocycles. The van der Waals surface area contributed by atoms with Gasteiger partial charge >= 0.3 is 0 Å². The quantitative estimate of drug-likeness (QED) is 0.211. The standard InChI is InChI=1S/C35H39N.2C2H6/c1-4-16-33(25-14-22-29(6-3)18-10-11-21-30-19-8-7-9-20-30)36-27-15-24-32-28-31-23-12-13-26-35(31)34(32)17-5-2;2*1-2/h4-10,12-14,16-20,22-26,36H,2,11,15,21,27-28H2,1,3H3;2*1-2H3/b16-4-,18-10-,22-14+,29-6+,32-24-,33-25+,34-17+;;. The van der Waals surface area contributed by atoms with Crippen LogP contribution in [0.15, 0.2) is 145 Å². The molecule has 1 nitrogen and oxygen atoms in total. The van der Waals surface area contributed by atoms with Crippen molar-refractivity contribution in [1.29, 1.82) is 0 Å². The lowest BCUT2D eigenvalue weighted by atomic mass is 10.0.